The summed E-state index contributed by atoms with van der Waals surface area (Å²) in [5.74, 6) is -0.0740. The minimum atomic E-state index is -0.317. The van der Waals surface area contributed by atoms with E-state index >= 15 is 0 Å². The first-order valence-electron chi connectivity index (χ1n) is 5.82. The molecule has 0 unspecified atom stereocenters. The molecular formula is C12H17N3O2. The maximum absolute atomic E-state index is 12.3. The second-order valence-corrected chi connectivity index (χ2v) is 4.83. The SMILES string of the molecule is Cc1c2n(cnc1=O)[C@@H](C)CN(C(C)C)C2=O. The van der Waals surface area contributed by atoms with Gasteiger partial charge in [-0.25, -0.2) is 0 Å². The van der Waals surface area contributed by atoms with Crippen molar-refractivity contribution in [3.63, 3.8) is 0 Å². The van der Waals surface area contributed by atoms with Crippen molar-refractivity contribution >= 4 is 5.91 Å². The first-order valence-corrected chi connectivity index (χ1v) is 5.82. The Balaban J connectivity index is 2.62. The van der Waals surface area contributed by atoms with Crippen LogP contribution in [0.25, 0.3) is 0 Å². The molecule has 5 heteroatoms. The summed E-state index contributed by atoms with van der Waals surface area (Å²) in [4.78, 5) is 29.4. The minimum Gasteiger partial charge on any atom is -0.333 e. The highest BCUT2D eigenvalue weighted by atomic mass is 16.2. The van der Waals surface area contributed by atoms with Gasteiger partial charge in [-0.3, -0.25) is 9.59 Å². The Morgan fingerprint density at radius 3 is 2.65 bits per heavy atom. The molecule has 1 aromatic rings. The van der Waals surface area contributed by atoms with Gasteiger partial charge in [0, 0.05) is 18.2 Å². The van der Waals surface area contributed by atoms with E-state index in [1.807, 2.05) is 20.8 Å². The lowest BCUT2D eigenvalue weighted by Crippen LogP contribution is -2.47. The van der Waals surface area contributed by atoms with Crippen molar-refractivity contribution < 1.29 is 4.79 Å². The minimum absolute atomic E-state index is 0.0740. The van der Waals surface area contributed by atoms with Crippen LogP contribution in [-0.2, 0) is 0 Å². The number of amides is 1. The van der Waals surface area contributed by atoms with Gasteiger partial charge in [-0.15, -0.1) is 0 Å². The number of carbonyl (C=O) groups is 1. The fourth-order valence-electron chi connectivity index (χ4n) is 2.21. The molecule has 1 aliphatic rings. The van der Waals surface area contributed by atoms with Gasteiger partial charge in [0.05, 0.1) is 12.4 Å². The predicted octanol–water partition coefficient (Wildman–Crippen LogP) is 0.977. The lowest BCUT2D eigenvalue weighted by molar-refractivity contribution is 0.0610. The molecule has 0 aromatic carbocycles. The highest BCUT2D eigenvalue weighted by Crippen LogP contribution is 2.22. The second-order valence-electron chi connectivity index (χ2n) is 4.83. The van der Waals surface area contributed by atoms with Crippen molar-refractivity contribution in [3.05, 3.63) is 27.9 Å². The summed E-state index contributed by atoms with van der Waals surface area (Å²) >= 11 is 0. The molecule has 0 bridgehead atoms. The van der Waals surface area contributed by atoms with E-state index in [0.717, 1.165) is 0 Å². The van der Waals surface area contributed by atoms with Crippen molar-refractivity contribution in [1.29, 1.82) is 0 Å². The highest BCUT2D eigenvalue weighted by molar-refractivity contribution is 5.94. The number of rotatable bonds is 1. The van der Waals surface area contributed by atoms with Crippen LogP contribution in [-0.4, -0.2) is 32.9 Å². The number of aromatic nitrogens is 2. The molecule has 0 spiro atoms. The molecule has 0 saturated heterocycles. The number of carbonyl (C=O) groups excluding carboxylic acids is 1. The molecule has 0 saturated carbocycles. The summed E-state index contributed by atoms with van der Waals surface area (Å²) in [5.41, 5.74) is 0.606. The van der Waals surface area contributed by atoms with Gasteiger partial charge in [-0.2, -0.15) is 4.98 Å². The molecular weight excluding hydrogens is 218 g/mol. The molecule has 2 rings (SSSR count). The average Bonchev–Trinajstić information content (AvgIpc) is 2.26. The van der Waals surface area contributed by atoms with Crippen molar-refractivity contribution in [2.45, 2.75) is 39.8 Å². The molecule has 0 radical (unpaired) electrons. The van der Waals surface area contributed by atoms with Gasteiger partial charge in [0.2, 0.25) is 0 Å². The molecule has 0 N–H and O–H groups in total. The van der Waals surface area contributed by atoms with E-state index in [9.17, 15) is 9.59 Å². The Morgan fingerprint density at radius 1 is 1.41 bits per heavy atom. The third-order valence-corrected chi connectivity index (χ3v) is 3.26. The molecule has 1 amide bonds. The van der Waals surface area contributed by atoms with Crippen LogP contribution in [0.4, 0.5) is 0 Å². The van der Waals surface area contributed by atoms with Crippen LogP contribution in [0.2, 0.25) is 0 Å². The van der Waals surface area contributed by atoms with Crippen molar-refractivity contribution in [3.8, 4) is 0 Å². The third-order valence-electron chi connectivity index (χ3n) is 3.26. The van der Waals surface area contributed by atoms with E-state index in [2.05, 4.69) is 4.98 Å². The zero-order valence-corrected chi connectivity index (χ0v) is 10.6. The fourth-order valence-corrected chi connectivity index (χ4v) is 2.21. The van der Waals surface area contributed by atoms with Gasteiger partial charge in [-0.05, 0) is 27.7 Å². The van der Waals surface area contributed by atoms with E-state index in [0.29, 0.717) is 17.8 Å². The Morgan fingerprint density at radius 2 is 2.06 bits per heavy atom. The maximum atomic E-state index is 12.3. The van der Waals surface area contributed by atoms with Crippen LogP contribution in [0.5, 0.6) is 0 Å². The van der Waals surface area contributed by atoms with Crippen LogP contribution in [0.3, 0.4) is 0 Å². The van der Waals surface area contributed by atoms with Crippen LogP contribution in [0.1, 0.15) is 42.9 Å². The zero-order valence-electron chi connectivity index (χ0n) is 10.6. The highest BCUT2D eigenvalue weighted by Gasteiger charge is 2.31. The molecule has 0 fully saturated rings. The van der Waals surface area contributed by atoms with E-state index in [4.69, 9.17) is 0 Å². The molecule has 5 nitrogen and oxygen atoms in total. The van der Waals surface area contributed by atoms with Gasteiger partial charge in [0.25, 0.3) is 11.5 Å². The topological polar surface area (TPSA) is 55.2 Å². The first-order chi connectivity index (χ1) is 7.93. The molecule has 92 valence electrons. The molecule has 1 atom stereocenters. The number of hydrogen-bond donors (Lipinski definition) is 0. The predicted molar refractivity (Wildman–Crippen MR) is 64.1 cm³/mol. The fraction of sp³-hybridized carbons (Fsp3) is 0.583. The summed E-state index contributed by atoms with van der Waals surface area (Å²) in [6, 6.07) is 0.290. The zero-order chi connectivity index (χ0) is 12.7. The molecule has 1 aliphatic heterocycles. The van der Waals surface area contributed by atoms with E-state index in [1.54, 1.807) is 16.4 Å². The Labute approximate surface area is 100 Å². The number of nitrogens with zero attached hydrogens (tertiary/aromatic N) is 3. The summed E-state index contributed by atoms with van der Waals surface area (Å²) in [6.45, 7) is 8.31. The summed E-state index contributed by atoms with van der Waals surface area (Å²) in [5, 5.41) is 0. The largest absolute Gasteiger partial charge is 0.333 e. The maximum Gasteiger partial charge on any atom is 0.276 e. The number of hydrogen-bond acceptors (Lipinski definition) is 3. The lowest BCUT2D eigenvalue weighted by atomic mass is 10.1. The molecule has 1 aromatic heterocycles. The quantitative estimate of drug-likeness (QED) is 0.729. The molecule has 2 heterocycles. The van der Waals surface area contributed by atoms with Crippen molar-refractivity contribution in [2.75, 3.05) is 6.54 Å². The van der Waals surface area contributed by atoms with E-state index in [-0.39, 0.29) is 23.6 Å². The van der Waals surface area contributed by atoms with Crippen LogP contribution in [0, 0.1) is 6.92 Å². The Kier molecular flexibility index (Phi) is 2.77. The Hall–Kier alpha value is -1.65. The summed E-state index contributed by atoms with van der Waals surface area (Å²) < 4.78 is 1.80. The van der Waals surface area contributed by atoms with E-state index in [1.165, 1.54) is 6.33 Å². The van der Waals surface area contributed by atoms with Crippen LogP contribution < -0.4 is 5.56 Å². The second kappa shape index (κ2) is 3.98. The van der Waals surface area contributed by atoms with Gasteiger partial charge >= 0.3 is 0 Å². The lowest BCUT2D eigenvalue weighted by Gasteiger charge is -2.37. The van der Waals surface area contributed by atoms with Crippen LogP contribution in [0.15, 0.2) is 11.1 Å². The standard InChI is InChI=1S/C12H17N3O2/c1-7(2)14-5-8(3)15-6-13-11(16)9(4)10(15)12(14)17/h6-8H,5H2,1-4H3/t8-/m0/s1. The summed E-state index contributed by atoms with van der Waals surface area (Å²) in [7, 11) is 0. The normalized spacial score (nSPS) is 19.7. The molecule has 17 heavy (non-hydrogen) atoms. The average molecular weight is 235 g/mol. The molecule has 0 aliphatic carbocycles. The van der Waals surface area contributed by atoms with Gasteiger partial charge in [0.1, 0.15) is 5.69 Å². The first kappa shape index (κ1) is 11.8. The smallest absolute Gasteiger partial charge is 0.276 e. The van der Waals surface area contributed by atoms with Crippen molar-refractivity contribution in [2.24, 2.45) is 0 Å². The third kappa shape index (κ3) is 1.75. The van der Waals surface area contributed by atoms with Gasteiger partial charge in [-0.1, -0.05) is 0 Å². The number of fused-ring (bicyclic) bond motifs is 1. The Bertz CT molecular complexity index is 519. The van der Waals surface area contributed by atoms with Gasteiger partial charge in [0.15, 0.2) is 0 Å². The van der Waals surface area contributed by atoms with Gasteiger partial charge < -0.3 is 9.47 Å². The van der Waals surface area contributed by atoms with E-state index < -0.39 is 0 Å². The monoisotopic (exact) mass is 235 g/mol. The van der Waals surface area contributed by atoms with Crippen molar-refractivity contribution in [1.82, 2.24) is 14.5 Å². The summed E-state index contributed by atoms with van der Waals surface area (Å²) in [6.07, 6.45) is 1.48. The van der Waals surface area contributed by atoms with Crippen LogP contribution >= 0.6 is 0 Å².